The van der Waals surface area contributed by atoms with Crippen LogP contribution < -0.4 is 10.5 Å². The van der Waals surface area contributed by atoms with Gasteiger partial charge in [-0.3, -0.25) is 14.4 Å². The lowest BCUT2D eigenvalue weighted by atomic mass is 9.90. The van der Waals surface area contributed by atoms with Gasteiger partial charge in [-0.2, -0.15) is 10.4 Å². The number of ether oxygens (including phenoxy) is 1. The summed E-state index contributed by atoms with van der Waals surface area (Å²) in [6, 6.07) is 9.18. The fraction of sp³-hybridized carbons (Fsp3) is 0.389. The second kappa shape index (κ2) is 7.36. The van der Waals surface area contributed by atoms with Gasteiger partial charge >= 0.3 is 0 Å². The minimum atomic E-state index is -0.279. The molecule has 25 heavy (non-hydrogen) atoms. The number of primary amides is 1. The molecule has 0 saturated carbocycles. The molecule has 1 aromatic carbocycles. The van der Waals surface area contributed by atoms with E-state index < -0.39 is 0 Å². The molecule has 0 unspecified atom stereocenters. The quantitative estimate of drug-likeness (QED) is 0.842. The average Bonchev–Trinajstić information content (AvgIpc) is 3.21. The molecule has 1 aliphatic rings. The summed E-state index contributed by atoms with van der Waals surface area (Å²) in [5.41, 5.74) is 7.20. The Morgan fingerprint density at radius 1 is 1.48 bits per heavy atom. The molecule has 0 radical (unpaired) electrons. The van der Waals surface area contributed by atoms with E-state index in [1.807, 2.05) is 19.3 Å². The molecule has 0 aliphatic carbocycles. The second-order valence-electron chi connectivity index (χ2n) is 6.31. The Bertz CT molecular complexity index is 795. The standard InChI is InChI=1S/C18H21N5O2/c1-22-10-14(9-21-22)16-11-23(12-17(16)18(20)24)5-6-25-15-4-2-3-13(7-15)8-19/h2-4,7,9-10,16-17H,5-6,11-12H2,1H3,(H2,20,24)/t16-,17+/m0/s1. The maximum atomic E-state index is 11.8. The molecule has 7 heteroatoms. The molecule has 2 heterocycles. The van der Waals surface area contributed by atoms with E-state index in [4.69, 9.17) is 15.7 Å². The first-order valence-corrected chi connectivity index (χ1v) is 8.20. The van der Waals surface area contributed by atoms with E-state index in [-0.39, 0.29) is 17.7 Å². The molecule has 7 nitrogen and oxygen atoms in total. The molecule has 1 fully saturated rings. The van der Waals surface area contributed by atoms with Crippen LogP contribution in [0.25, 0.3) is 0 Å². The zero-order valence-electron chi connectivity index (χ0n) is 14.1. The Kier molecular flexibility index (Phi) is 5.00. The number of nitrogens with zero attached hydrogens (tertiary/aromatic N) is 4. The topological polar surface area (TPSA) is 97.2 Å². The molecule has 0 spiro atoms. The average molecular weight is 339 g/mol. The normalized spacial score (nSPS) is 20.3. The molecule has 2 atom stereocenters. The summed E-state index contributed by atoms with van der Waals surface area (Å²) >= 11 is 0. The Labute approximate surface area is 146 Å². The van der Waals surface area contributed by atoms with E-state index >= 15 is 0 Å². The monoisotopic (exact) mass is 339 g/mol. The number of aromatic nitrogens is 2. The first kappa shape index (κ1) is 17.0. The number of carbonyl (C=O) groups is 1. The van der Waals surface area contributed by atoms with Gasteiger partial charge in [0, 0.05) is 38.8 Å². The van der Waals surface area contributed by atoms with Gasteiger partial charge < -0.3 is 10.5 Å². The number of rotatable bonds is 6. The molecule has 1 aromatic heterocycles. The third kappa shape index (κ3) is 3.98. The molecule has 0 bridgehead atoms. The van der Waals surface area contributed by atoms with Gasteiger partial charge in [0.2, 0.25) is 5.91 Å². The van der Waals surface area contributed by atoms with Gasteiger partial charge in [-0.1, -0.05) is 6.07 Å². The zero-order chi connectivity index (χ0) is 17.8. The molecule has 2 aromatic rings. The highest BCUT2D eigenvalue weighted by molar-refractivity contribution is 5.78. The van der Waals surface area contributed by atoms with E-state index in [1.165, 1.54) is 0 Å². The van der Waals surface area contributed by atoms with E-state index in [2.05, 4.69) is 16.1 Å². The summed E-state index contributed by atoms with van der Waals surface area (Å²) in [7, 11) is 1.86. The minimum Gasteiger partial charge on any atom is -0.492 e. The van der Waals surface area contributed by atoms with Gasteiger partial charge in [0.05, 0.1) is 23.7 Å². The van der Waals surface area contributed by atoms with Crippen molar-refractivity contribution >= 4 is 5.91 Å². The van der Waals surface area contributed by atoms with Gasteiger partial charge in [-0.25, -0.2) is 0 Å². The predicted molar refractivity (Wildman–Crippen MR) is 91.7 cm³/mol. The van der Waals surface area contributed by atoms with Crippen molar-refractivity contribution in [2.75, 3.05) is 26.2 Å². The maximum Gasteiger partial charge on any atom is 0.222 e. The third-order valence-corrected chi connectivity index (χ3v) is 4.55. The van der Waals surface area contributed by atoms with Crippen LogP contribution >= 0.6 is 0 Å². The Balaban J connectivity index is 1.58. The zero-order valence-corrected chi connectivity index (χ0v) is 14.1. The number of carbonyl (C=O) groups excluding carboxylic acids is 1. The van der Waals surface area contributed by atoms with Crippen molar-refractivity contribution in [1.29, 1.82) is 5.26 Å². The molecule has 1 aliphatic heterocycles. The van der Waals surface area contributed by atoms with Crippen molar-refractivity contribution < 1.29 is 9.53 Å². The Morgan fingerprint density at radius 2 is 2.32 bits per heavy atom. The number of hydrogen-bond donors (Lipinski definition) is 1. The minimum absolute atomic E-state index is 0.0631. The van der Waals surface area contributed by atoms with Crippen molar-refractivity contribution in [1.82, 2.24) is 14.7 Å². The number of amides is 1. The summed E-state index contributed by atoms with van der Waals surface area (Å²) in [6.07, 6.45) is 3.74. The van der Waals surface area contributed by atoms with Crippen molar-refractivity contribution in [2.45, 2.75) is 5.92 Å². The summed E-state index contributed by atoms with van der Waals surface area (Å²) in [5, 5.41) is 13.1. The van der Waals surface area contributed by atoms with Gasteiger partial charge in [-0.05, 0) is 23.8 Å². The van der Waals surface area contributed by atoms with Crippen molar-refractivity contribution in [2.24, 2.45) is 18.7 Å². The molecule has 130 valence electrons. The summed E-state index contributed by atoms with van der Waals surface area (Å²) in [4.78, 5) is 14.0. The van der Waals surface area contributed by atoms with Gasteiger partial charge in [0.15, 0.2) is 0 Å². The van der Waals surface area contributed by atoms with Crippen LogP contribution in [-0.4, -0.2) is 46.8 Å². The molecule has 1 saturated heterocycles. The fourth-order valence-electron chi connectivity index (χ4n) is 3.27. The smallest absolute Gasteiger partial charge is 0.222 e. The van der Waals surface area contributed by atoms with Crippen LogP contribution in [0.15, 0.2) is 36.7 Å². The number of hydrogen-bond acceptors (Lipinski definition) is 5. The second-order valence-corrected chi connectivity index (χ2v) is 6.31. The number of benzene rings is 1. The lowest BCUT2D eigenvalue weighted by Gasteiger charge is -2.16. The van der Waals surface area contributed by atoms with Crippen molar-refractivity contribution in [3.8, 4) is 11.8 Å². The van der Waals surface area contributed by atoms with Crippen LogP contribution in [0.1, 0.15) is 17.0 Å². The largest absolute Gasteiger partial charge is 0.492 e. The first-order chi connectivity index (χ1) is 12.1. The highest BCUT2D eigenvalue weighted by atomic mass is 16.5. The molecular formula is C18H21N5O2. The lowest BCUT2D eigenvalue weighted by molar-refractivity contribution is -0.121. The number of nitrogens with two attached hydrogens (primary N) is 1. The Morgan fingerprint density at radius 3 is 3.00 bits per heavy atom. The summed E-state index contributed by atoms with van der Waals surface area (Å²) in [6.45, 7) is 2.55. The number of aryl methyl sites for hydroxylation is 1. The van der Waals surface area contributed by atoms with Crippen molar-refractivity contribution in [3.05, 3.63) is 47.8 Å². The number of likely N-dealkylation sites (tertiary alicyclic amines) is 1. The van der Waals surface area contributed by atoms with E-state index in [0.29, 0.717) is 31.0 Å². The van der Waals surface area contributed by atoms with E-state index in [1.54, 1.807) is 29.1 Å². The molecule has 2 N–H and O–H groups in total. The summed E-state index contributed by atoms with van der Waals surface area (Å²) in [5.74, 6) is 0.242. The SMILES string of the molecule is Cn1cc([C@@H]2CN(CCOc3cccc(C#N)c3)C[C@H]2C(N)=O)cn1. The van der Waals surface area contributed by atoms with Gasteiger partial charge in [0.1, 0.15) is 12.4 Å². The van der Waals surface area contributed by atoms with E-state index in [0.717, 1.165) is 12.1 Å². The number of nitriles is 1. The third-order valence-electron chi connectivity index (χ3n) is 4.55. The molecule has 1 amide bonds. The first-order valence-electron chi connectivity index (χ1n) is 8.20. The predicted octanol–water partition coefficient (Wildman–Crippen LogP) is 0.871. The molecule has 3 rings (SSSR count). The molecular weight excluding hydrogens is 318 g/mol. The summed E-state index contributed by atoms with van der Waals surface area (Å²) < 4.78 is 7.46. The fourth-order valence-corrected chi connectivity index (χ4v) is 3.27. The van der Waals surface area contributed by atoms with Crippen LogP contribution in [0, 0.1) is 17.2 Å². The van der Waals surface area contributed by atoms with Crippen LogP contribution in [0.4, 0.5) is 0 Å². The highest BCUT2D eigenvalue weighted by Crippen LogP contribution is 2.32. The van der Waals surface area contributed by atoms with Crippen LogP contribution in [0.5, 0.6) is 5.75 Å². The highest BCUT2D eigenvalue weighted by Gasteiger charge is 2.37. The van der Waals surface area contributed by atoms with E-state index in [9.17, 15) is 4.79 Å². The Hall–Kier alpha value is -2.85. The maximum absolute atomic E-state index is 11.8. The van der Waals surface area contributed by atoms with Gasteiger partial charge in [0.25, 0.3) is 0 Å². The van der Waals surface area contributed by atoms with Crippen LogP contribution in [-0.2, 0) is 11.8 Å². The lowest BCUT2D eigenvalue weighted by Crippen LogP contribution is -2.30. The van der Waals surface area contributed by atoms with Crippen LogP contribution in [0.2, 0.25) is 0 Å². The van der Waals surface area contributed by atoms with Gasteiger partial charge in [-0.15, -0.1) is 0 Å². The van der Waals surface area contributed by atoms with Crippen LogP contribution in [0.3, 0.4) is 0 Å². The van der Waals surface area contributed by atoms with Crippen molar-refractivity contribution in [3.63, 3.8) is 0 Å².